The number of amides is 1. The highest BCUT2D eigenvalue weighted by molar-refractivity contribution is 5.75. The van der Waals surface area contributed by atoms with Crippen LogP contribution in [0.2, 0.25) is 0 Å². The van der Waals surface area contributed by atoms with Gasteiger partial charge in [-0.25, -0.2) is 4.79 Å². The van der Waals surface area contributed by atoms with Gasteiger partial charge in [0.25, 0.3) is 0 Å². The minimum absolute atomic E-state index is 0.0258. The summed E-state index contributed by atoms with van der Waals surface area (Å²) >= 11 is 0. The number of hydrogen-bond acceptors (Lipinski definition) is 6. The lowest BCUT2D eigenvalue weighted by molar-refractivity contribution is -0.145. The highest BCUT2D eigenvalue weighted by Gasteiger charge is 2.23. The summed E-state index contributed by atoms with van der Waals surface area (Å²) in [7, 11) is 0. The first-order chi connectivity index (χ1) is 10.5. The lowest BCUT2D eigenvalue weighted by atomic mass is 10.2. The van der Waals surface area contributed by atoms with E-state index in [0.29, 0.717) is 12.8 Å². The lowest BCUT2D eigenvalue weighted by Gasteiger charge is -2.26. The van der Waals surface area contributed by atoms with Crippen LogP contribution in [-0.4, -0.2) is 47.6 Å². The summed E-state index contributed by atoms with van der Waals surface area (Å²) in [6, 6.07) is -0.639. The summed E-state index contributed by atoms with van der Waals surface area (Å²) in [6.45, 7) is 8.78. The van der Waals surface area contributed by atoms with Crippen molar-refractivity contribution in [3.63, 3.8) is 0 Å². The van der Waals surface area contributed by atoms with Crippen LogP contribution < -0.4 is 10.6 Å². The van der Waals surface area contributed by atoms with Crippen LogP contribution in [0.1, 0.15) is 53.9 Å². The molecule has 0 saturated heterocycles. The van der Waals surface area contributed by atoms with Gasteiger partial charge in [-0.2, -0.15) is 0 Å². The third-order valence-corrected chi connectivity index (χ3v) is 2.67. The number of alkyl carbamates (subject to hydrolysis) is 1. The number of aliphatic carboxylic acids is 1. The van der Waals surface area contributed by atoms with Crippen LogP contribution in [0.3, 0.4) is 0 Å². The molecule has 0 aromatic carbocycles. The Labute approximate surface area is 136 Å². The molecule has 23 heavy (non-hydrogen) atoms. The maximum atomic E-state index is 11.8. The van der Waals surface area contributed by atoms with Crippen molar-refractivity contribution in [3.05, 3.63) is 0 Å². The van der Waals surface area contributed by atoms with Gasteiger partial charge < -0.3 is 19.9 Å². The number of carbonyl (C=O) groups is 3. The molecule has 0 fully saturated rings. The summed E-state index contributed by atoms with van der Waals surface area (Å²) in [5, 5.41) is 14.2. The molecule has 2 atom stereocenters. The number of hydrogen-bond donors (Lipinski definition) is 3. The first kappa shape index (κ1) is 21.2. The van der Waals surface area contributed by atoms with E-state index in [-0.39, 0.29) is 13.0 Å². The number of rotatable bonds is 9. The summed E-state index contributed by atoms with van der Waals surface area (Å²) in [4.78, 5) is 34.1. The fourth-order valence-corrected chi connectivity index (χ4v) is 1.74. The molecule has 0 aromatic heterocycles. The van der Waals surface area contributed by atoms with Crippen molar-refractivity contribution >= 4 is 18.0 Å². The van der Waals surface area contributed by atoms with E-state index in [2.05, 4.69) is 10.6 Å². The van der Waals surface area contributed by atoms with Gasteiger partial charge in [-0.05, 0) is 47.5 Å². The van der Waals surface area contributed by atoms with Gasteiger partial charge in [-0.15, -0.1) is 0 Å². The molecule has 0 heterocycles. The smallest absolute Gasteiger partial charge is 0.408 e. The van der Waals surface area contributed by atoms with Crippen molar-refractivity contribution in [1.29, 1.82) is 0 Å². The SMILES string of the molecule is CCOC(=O)C(C)NC(CCCC(=O)O)NC(=O)OC(C)(C)C. The largest absolute Gasteiger partial charge is 0.481 e. The summed E-state index contributed by atoms with van der Waals surface area (Å²) in [5.41, 5.74) is -0.650. The number of nitrogens with one attached hydrogen (secondary N) is 2. The number of carbonyl (C=O) groups excluding carboxylic acids is 2. The second-order valence-corrected chi connectivity index (χ2v) is 6.13. The Hall–Kier alpha value is -1.83. The number of esters is 1. The van der Waals surface area contributed by atoms with Gasteiger partial charge in [0, 0.05) is 6.42 Å². The second-order valence-electron chi connectivity index (χ2n) is 6.13. The molecule has 0 aliphatic heterocycles. The monoisotopic (exact) mass is 332 g/mol. The Morgan fingerprint density at radius 3 is 2.30 bits per heavy atom. The molecule has 0 rings (SSSR count). The first-order valence-corrected chi connectivity index (χ1v) is 7.69. The van der Waals surface area contributed by atoms with E-state index in [1.807, 2.05) is 0 Å². The van der Waals surface area contributed by atoms with E-state index in [1.165, 1.54) is 0 Å². The zero-order valence-corrected chi connectivity index (χ0v) is 14.5. The van der Waals surface area contributed by atoms with Crippen LogP contribution in [0.25, 0.3) is 0 Å². The summed E-state index contributed by atoms with van der Waals surface area (Å²) < 4.78 is 10.1. The van der Waals surface area contributed by atoms with Crippen molar-refractivity contribution in [3.8, 4) is 0 Å². The fraction of sp³-hybridized carbons (Fsp3) is 0.800. The van der Waals surface area contributed by atoms with Crippen LogP contribution >= 0.6 is 0 Å². The standard InChI is InChI=1S/C15H28N2O6/c1-6-22-13(20)10(2)16-11(8-7-9-12(18)19)17-14(21)23-15(3,4)5/h10-11,16H,6-9H2,1-5H3,(H,17,21)(H,18,19). The lowest BCUT2D eigenvalue weighted by Crippen LogP contribution is -2.52. The van der Waals surface area contributed by atoms with Crippen LogP contribution in [0.5, 0.6) is 0 Å². The molecule has 0 aliphatic carbocycles. The predicted molar refractivity (Wildman–Crippen MR) is 83.9 cm³/mol. The van der Waals surface area contributed by atoms with E-state index < -0.39 is 35.8 Å². The van der Waals surface area contributed by atoms with Crippen molar-refractivity contribution in [2.24, 2.45) is 0 Å². The Morgan fingerprint density at radius 1 is 1.22 bits per heavy atom. The van der Waals surface area contributed by atoms with Gasteiger partial charge >= 0.3 is 18.0 Å². The molecule has 8 nitrogen and oxygen atoms in total. The molecule has 0 radical (unpaired) electrons. The average Bonchev–Trinajstić information content (AvgIpc) is 2.35. The Balaban J connectivity index is 4.63. The van der Waals surface area contributed by atoms with Crippen molar-refractivity contribution in [1.82, 2.24) is 10.6 Å². The quantitative estimate of drug-likeness (QED) is 0.434. The third-order valence-electron chi connectivity index (χ3n) is 2.67. The molecular formula is C15H28N2O6. The van der Waals surface area contributed by atoms with Crippen LogP contribution in [0.15, 0.2) is 0 Å². The van der Waals surface area contributed by atoms with Gasteiger partial charge in [-0.1, -0.05) is 0 Å². The van der Waals surface area contributed by atoms with Crippen LogP contribution in [0.4, 0.5) is 4.79 Å². The molecule has 0 saturated carbocycles. The molecular weight excluding hydrogens is 304 g/mol. The van der Waals surface area contributed by atoms with E-state index in [1.54, 1.807) is 34.6 Å². The van der Waals surface area contributed by atoms with Gasteiger partial charge in [0.15, 0.2) is 0 Å². The van der Waals surface area contributed by atoms with Crippen LogP contribution in [0, 0.1) is 0 Å². The minimum atomic E-state index is -0.917. The zero-order chi connectivity index (χ0) is 18.0. The molecule has 0 spiro atoms. The van der Waals surface area contributed by atoms with Gasteiger partial charge in [0.2, 0.25) is 0 Å². The third kappa shape index (κ3) is 11.4. The molecule has 134 valence electrons. The molecule has 2 unspecified atom stereocenters. The van der Waals surface area contributed by atoms with E-state index in [0.717, 1.165) is 0 Å². The van der Waals surface area contributed by atoms with Crippen molar-refractivity contribution in [2.75, 3.05) is 6.61 Å². The van der Waals surface area contributed by atoms with Crippen LogP contribution in [-0.2, 0) is 19.1 Å². The summed E-state index contributed by atoms with van der Waals surface area (Å²) in [6.07, 6.45) is -0.569. The topological polar surface area (TPSA) is 114 Å². The molecule has 0 bridgehead atoms. The molecule has 8 heteroatoms. The Kier molecular flexibility index (Phi) is 9.24. The maximum absolute atomic E-state index is 11.8. The highest BCUT2D eigenvalue weighted by Crippen LogP contribution is 2.08. The minimum Gasteiger partial charge on any atom is -0.481 e. The molecule has 1 amide bonds. The molecule has 0 aliphatic rings. The first-order valence-electron chi connectivity index (χ1n) is 7.69. The number of carboxylic acid groups (broad SMARTS) is 1. The van der Waals surface area contributed by atoms with Crippen molar-refractivity contribution < 1.29 is 29.0 Å². The normalized spacial score (nSPS) is 13.8. The van der Waals surface area contributed by atoms with E-state index in [4.69, 9.17) is 14.6 Å². The Morgan fingerprint density at radius 2 is 1.83 bits per heavy atom. The Bertz CT molecular complexity index is 405. The van der Waals surface area contributed by atoms with Gasteiger partial charge in [-0.3, -0.25) is 14.9 Å². The zero-order valence-electron chi connectivity index (χ0n) is 14.5. The van der Waals surface area contributed by atoms with Gasteiger partial charge in [0.05, 0.1) is 12.8 Å². The highest BCUT2D eigenvalue weighted by atomic mass is 16.6. The van der Waals surface area contributed by atoms with E-state index >= 15 is 0 Å². The second kappa shape index (κ2) is 10.0. The predicted octanol–water partition coefficient (Wildman–Crippen LogP) is 1.63. The fourth-order valence-electron chi connectivity index (χ4n) is 1.74. The van der Waals surface area contributed by atoms with Gasteiger partial charge in [0.1, 0.15) is 11.6 Å². The number of ether oxygens (including phenoxy) is 2. The van der Waals surface area contributed by atoms with E-state index in [9.17, 15) is 14.4 Å². The summed E-state index contributed by atoms with van der Waals surface area (Å²) in [5.74, 6) is -1.36. The molecule has 0 aromatic rings. The maximum Gasteiger partial charge on any atom is 0.408 e. The number of carboxylic acids is 1. The molecule has 3 N–H and O–H groups in total. The van der Waals surface area contributed by atoms with Crippen molar-refractivity contribution in [2.45, 2.75) is 71.7 Å². The average molecular weight is 332 g/mol.